The van der Waals surface area contributed by atoms with Gasteiger partial charge in [0.05, 0.1) is 25.4 Å². The van der Waals surface area contributed by atoms with Gasteiger partial charge in [0, 0.05) is 6.42 Å². The molecule has 1 aliphatic rings. The monoisotopic (exact) mass is 1140 g/mol. The number of unbranched alkanes of at least 4 members (excludes halogenated alkanes) is 36. The van der Waals surface area contributed by atoms with Gasteiger partial charge in [-0.2, -0.15) is 0 Å². The van der Waals surface area contributed by atoms with E-state index in [-0.39, 0.29) is 19.4 Å². The molecule has 6 N–H and O–H groups in total. The molecule has 11 nitrogen and oxygen atoms in total. The molecule has 1 aliphatic heterocycles. The van der Waals surface area contributed by atoms with Gasteiger partial charge in [0.25, 0.3) is 0 Å². The summed E-state index contributed by atoms with van der Waals surface area (Å²) < 4.78 is 17.7. The normalized spacial score (nSPS) is 19.1. The number of aliphatic hydroxyl groups excluding tert-OH is 5. The number of nitrogens with one attached hydrogen (secondary N) is 1. The number of allylic oxidation sites excluding steroid dienone is 11. The van der Waals surface area contributed by atoms with Crippen LogP contribution in [0, 0.1) is 0 Å². The largest absolute Gasteiger partial charge is 0.454 e. The number of rotatable bonds is 57. The molecule has 0 radical (unpaired) electrons. The van der Waals surface area contributed by atoms with Crippen LogP contribution in [0.5, 0.6) is 0 Å². The van der Waals surface area contributed by atoms with Crippen molar-refractivity contribution >= 4 is 11.9 Å². The van der Waals surface area contributed by atoms with Crippen molar-refractivity contribution in [1.29, 1.82) is 0 Å². The molecule has 0 bridgehead atoms. The van der Waals surface area contributed by atoms with Gasteiger partial charge in [-0.1, -0.05) is 293 Å². The Morgan fingerprint density at radius 3 is 1.37 bits per heavy atom. The number of carbonyl (C=O) groups excluding carboxylic acids is 2. The van der Waals surface area contributed by atoms with Crippen molar-refractivity contribution in [2.24, 2.45) is 0 Å². The molecule has 0 saturated carbocycles. The molecule has 81 heavy (non-hydrogen) atoms. The van der Waals surface area contributed by atoms with Gasteiger partial charge in [0.1, 0.15) is 24.4 Å². The third-order valence-corrected chi connectivity index (χ3v) is 15.7. The Labute approximate surface area is 496 Å². The lowest BCUT2D eigenvalue weighted by Crippen LogP contribution is -2.61. The van der Waals surface area contributed by atoms with E-state index in [2.05, 4.69) is 50.4 Å². The third-order valence-electron chi connectivity index (χ3n) is 15.7. The highest BCUT2D eigenvalue weighted by Gasteiger charge is 2.47. The first-order chi connectivity index (χ1) is 39.7. The molecule has 0 aromatic heterocycles. The number of hydrogen-bond donors (Lipinski definition) is 6. The Morgan fingerprint density at radius 2 is 0.901 bits per heavy atom. The highest BCUT2D eigenvalue weighted by molar-refractivity contribution is 5.80. The van der Waals surface area contributed by atoms with E-state index in [0.29, 0.717) is 12.8 Å². The van der Waals surface area contributed by atoms with Gasteiger partial charge in [-0.15, -0.1) is 0 Å². The number of esters is 1. The molecule has 0 aromatic rings. The number of hydrogen-bond acceptors (Lipinski definition) is 10. The summed E-state index contributed by atoms with van der Waals surface area (Å²) in [5.41, 5.74) is 0. The molecular formula is C70H125NO10. The number of amides is 1. The summed E-state index contributed by atoms with van der Waals surface area (Å²) in [6.45, 7) is 5.65. The maximum atomic E-state index is 13.4. The van der Waals surface area contributed by atoms with Gasteiger partial charge >= 0.3 is 5.97 Å². The first kappa shape index (κ1) is 76.1. The lowest BCUT2D eigenvalue weighted by molar-refractivity contribution is -0.305. The van der Waals surface area contributed by atoms with Crippen molar-refractivity contribution in [1.82, 2.24) is 5.32 Å². The van der Waals surface area contributed by atoms with E-state index >= 15 is 0 Å². The van der Waals surface area contributed by atoms with Gasteiger partial charge < -0.3 is 45.1 Å². The summed E-state index contributed by atoms with van der Waals surface area (Å²) in [5, 5.41) is 57.1. The molecule has 8 atom stereocenters. The maximum absolute atomic E-state index is 13.4. The molecule has 0 aromatic carbocycles. The summed E-state index contributed by atoms with van der Waals surface area (Å²) >= 11 is 0. The van der Waals surface area contributed by atoms with E-state index in [4.69, 9.17) is 14.2 Å². The van der Waals surface area contributed by atoms with Crippen LogP contribution >= 0.6 is 0 Å². The van der Waals surface area contributed by atoms with Crippen LogP contribution in [0.2, 0.25) is 0 Å². The fourth-order valence-electron chi connectivity index (χ4n) is 10.4. The minimum absolute atomic E-state index is 0.120. The highest BCUT2D eigenvalue weighted by Crippen LogP contribution is 2.26. The topological polar surface area (TPSA) is 175 Å². The van der Waals surface area contributed by atoms with Gasteiger partial charge in [0.15, 0.2) is 12.4 Å². The summed E-state index contributed by atoms with van der Waals surface area (Å²) in [7, 11) is 0. The smallest absolute Gasteiger partial charge is 0.306 e. The fourth-order valence-corrected chi connectivity index (χ4v) is 10.4. The van der Waals surface area contributed by atoms with Crippen LogP contribution < -0.4 is 5.32 Å². The zero-order chi connectivity index (χ0) is 58.9. The summed E-state index contributed by atoms with van der Waals surface area (Å²) in [6.07, 6.45) is 63.8. The first-order valence-electron chi connectivity index (χ1n) is 33.8. The summed E-state index contributed by atoms with van der Waals surface area (Å²) in [4.78, 5) is 26.6. The van der Waals surface area contributed by atoms with Crippen LogP contribution in [0.4, 0.5) is 0 Å². The fraction of sp³-hybridized carbons (Fsp3) is 0.800. The highest BCUT2D eigenvalue weighted by atomic mass is 16.7. The molecule has 0 aliphatic carbocycles. The molecule has 1 rings (SSSR count). The Kier molecular flexibility index (Phi) is 54.1. The summed E-state index contributed by atoms with van der Waals surface area (Å²) in [6, 6.07) is -1.04. The molecule has 1 amide bonds. The Balaban J connectivity index is 2.59. The molecule has 8 unspecified atom stereocenters. The van der Waals surface area contributed by atoms with E-state index < -0.39 is 67.4 Å². The van der Waals surface area contributed by atoms with Crippen LogP contribution in [0.1, 0.15) is 297 Å². The van der Waals surface area contributed by atoms with Crippen molar-refractivity contribution in [3.8, 4) is 0 Å². The van der Waals surface area contributed by atoms with Gasteiger partial charge in [-0.05, 0) is 70.6 Å². The van der Waals surface area contributed by atoms with Gasteiger partial charge in [0.2, 0.25) is 5.91 Å². The van der Waals surface area contributed by atoms with Crippen LogP contribution in [0.15, 0.2) is 72.9 Å². The average molecular weight is 1140 g/mol. The lowest BCUT2D eigenvalue weighted by Gasteiger charge is -2.41. The van der Waals surface area contributed by atoms with E-state index in [1.54, 1.807) is 6.08 Å². The molecule has 1 saturated heterocycles. The molecule has 0 spiro atoms. The standard InChI is InChI=1S/C70H125NO10/c1-4-7-10-13-16-19-22-25-27-28-29-30-31-32-33-34-35-36-37-40-43-46-49-52-55-58-65(75)81-68-67(77)66(76)64(59-72)80-70(68)79-60-61(62(73)56-53-50-47-44-41-38-24-21-18-15-12-9-6-3)71-69(78)63(74)57-54-51-48-45-42-39-26-23-20-17-14-11-8-5-2/h8,11,14,17,20,23,25-27,39,53,56,61-64,66-68,70,72-74,76-77H,4-7,9-10,12-13,15-16,18-19,21-22,24,28-38,40-52,54-55,57-60H2,1-3H3,(H,71,78)/b11-8+,17-14+,23-20+,27-25+,39-26-,56-53+. The Hall–Kier alpha value is -2.90. The van der Waals surface area contributed by atoms with Crippen molar-refractivity contribution in [2.45, 2.75) is 346 Å². The lowest BCUT2D eigenvalue weighted by atomic mass is 9.99. The van der Waals surface area contributed by atoms with Crippen molar-refractivity contribution in [2.75, 3.05) is 13.2 Å². The average Bonchev–Trinajstić information content (AvgIpc) is 3.46. The van der Waals surface area contributed by atoms with Crippen molar-refractivity contribution in [3.05, 3.63) is 72.9 Å². The predicted molar refractivity (Wildman–Crippen MR) is 338 cm³/mol. The zero-order valence-electron chi connectivity index (χ0n) is 52.1. The molecule has 1 fully saturated rings. The first-order valence-corrected chi connectivity index (χ1v) is 33.8. The molecule has 470 valence electrons. The Bertz CT molecular complexity index is 1590. The van der Waals surface area contributed by atoms with Gasteiger partial charge in [-0.3, -0.25) is 9.59 Å². The van der Waals surface area contributed by atoms with E-state index in [0.717, 1.165) is 70.6 Å². The maximum Gasteiger partial charge on any atom is 0.306 e. The van der Waals surface area contributed by atoms with E-state index in [1.165, 1.54) is 180 Å². The van der Waals surface area contributed by atoms with Crippen LogP contribution in [-0.4, -0.2) is 99.6 Å². The predicted octanol–water partition coefficient (Wildman–Crippen LogP) is 16.7. The van der Waals surface area contributed by atoms with Crippen molar-refractivity contribution < 1.29 is 49.3 Å². The third kappa shape index (κ3) is 45.2. The minimum atomic E-state index is -1.62. The second-order valence-corrected chi connectivity index (χ2v) is 23.3. The SMILES string of the molecule is CC/C=C/C=C/C=C/C=C\CCCCCCC(O)C(=O)NC(COC1OC(CO)C(O)C(O)C1OC(=O)CCCCCCCCCCCCCCCCC/C=C/CCCCCCCC)C(O)/C=C/CCCCCCCCCCCCC. The van der Waals surface area contributed by atoms with Gasteiger partial charge in [-0.25, -0.2) is 0 Å². The second kappa shape index (κ2) is 57.5. The van der Waals surface area contributed by atoms with Crippen LogP contribution in [-0.2, 0) is 23.8 Å². The molecule has 1 heterocycles. The quantitative estimate of drug-likeness (QED) is 0.0149. The van der Waals surface area contributed by atoms with Crippen LogP contribution in [0.25, 0.3) is 0 Å². The Morgan fingerprint density at radius 1 is 0.494 bits per heavy atom. The van der Waals surface area contributed by atoms with Crippen LogP contribution in [0.3, 0.4) is 0 Å². The number of aliphatic hydroxyl groups is 5. The van der Waals surface area contributed by atoms with E-state index in [9.17, 15) is 35.1 Å². The molecular weight excluding hydrogens is 1010 g/mol. The van der Waals surface area contributed by atoms with E-state index in [1.807, 2.05) is 42.5 Å². The number of ether oxygens (including phenoxy) is 3. The minimum Gasteiger partial charge on any atom is -0.454 e. The molecule has 11 heteroatoms. The second-order valence-electron chi connectivity index (χ2n) is 23.3. The zero-order valence-corrected chi connectivity index (χ0v) is 52.1. The summed E-state index contributed by atoms with van der Waals surface area (Å²) in [5.74, 6) is -1.21. The number of carbonyl (C=O) groups is 2. The van der Waals surface area contributed by atoms with Crippen molar-refractivity contribution in [3.63, 3.8) is 0 Å².